The number of thioether (sulfide) groups is 1. The highest BCUT2D eigenvalue weighted by atomic mass is 35.5. The van der Waals surface area contributed by atoms with Crippen LogP contribution < -0.4 is 5.32 Å². The summed E-state index contributed by atoms with van der Waals surface area (Å²) in [5.41, 5.74) is 1.71. The Morgan fingerprint density at radius 3 is 2.74 bits per heavy atom. The quantitative estimate of drug-likeness (QED) is 0.838. The lowest BCUT2D eigenvalue weighted by Gasteiger charge is -2.23. The van der Waals surface area contributed by atoms with Crippen molar-refractivity contribution in [2.45, 2.75) is 50.6 Å². The van der Waals surface area contributed by atoms with Crippen molar-refractivity contribution in [1.82, 2.24) is 14.9 Å². The van der Waals surface area contributed by atoms with Crippen molar-refractivity contribution in [3.63, 3.8) is 0 Å². The molecule has 0 bridgehead atoms. The molecule has 23 heavy (non-hydrogen) atoms. The van der Waals surface area contributed by atoms with Crippen LogP contribution in [0.25, 0.3) is 5.69 Å². The lowest BCUT2D eigenvalue weighted by Crippen LogP contribution is -2.44. The van der Waals surface area contributed by atoms with Crippen molar-refractivity contribution < 1.29 is 4.79 Å². The minimum atomic E-state index is -0.245. The van der Waals surface area contributed by atoms with Crippen molar-refractivity contribution in [2.24, 2.45) is 0 Å². The largest absolute Gasteiger partial charge is 0.351 e. The normalized spacial score (nSPS) is 13.0. The van der Waals surface area contributed by atoms with E-state index in [4.69, 9.17) is 11.6 Å². The Kier molecular flexibility index (Phi) is 5.42. The molecule has 0 spiro atoms. The molecule has 1 amide bonds. The molecule has 1 heterocycles. The minimum Gasteiger partial charge on any atom is -0.351 e. The molecule has 0 saturated carbocycles. The van der Waals surface area contributed by atoms with Gasteiger partial charge in [-0.15, -0.1) is 0 Å². The third-order valence-corrected chi connectivity index (χ3v) is 4.75. The summed E-state index contributed by atoms with van der Waals surface area (Å²) < 4.78 is 1.97. The summed E-state index contributed by atoms with van der Waals surface area (Å²) in [6.07, 6.45) is 3.62. The Hall–Kier alpha value is -1.46. The fourth-order valence-corrected chi connectivity index (χ4v) is 3.15. The Morgan fingerprint density at radius 1 is 1.39 bits per heavy atom. The van der Waals surface area contributed by atoms with Gasteiger partial charge in [0, 0.05) is 23.0 Å². The first kappa shape index (κ1) is 17.9. The van der Waals surface area contributed by atoms with Crippen molar-refractivity contribution in [3.05, 3.63) is 41.2 Å². The SMILES string of the molecule is Cc1c(Cl)cccc1-n1ccnc1SC(C)C(=O)NC(C)(C)C. The second-order valence-corrected chi connectivity index (χ2v) is 8.18. The molecule has 1 aromatic carbocycles. The molecular weight excluding hydrogens is 330 g/mol. The summed E-state index contributed by atoms with van der Waals surface area (Å²) in [7, 11) is 0. The molecule has 6 heteroatoms. The molecule has 0 saturated heterocycles. The second kappa shape index (κ2) is 6.97. The van der Waals surface area contributed by atoms with E-state index in [9.17, 15) is 4.79 Å². The van der Waals surface area contributed by atoms with Crippen LogP contribution in [0.4, 0.5) is 0 Å². The third-order valence-electron chi connectivity index (χ3n) is 3.26. The molecule has 1 atom stereocenters. The monoisotopic (exact) mass is 351 g/mol. The smallest absolute Gasteiger partial charge is 0.233 e. The number of amides is 1. The maximum atomic E-state index is 12.3. The Balaban J connectivity index is 2.22. The number of rotatable bonds is 4. The van der Waals surface area contributed by atoms with Crippen LogP contribution in [0, 0.1) is 6.92 Å². The molecular formula is C17H22ClN3OS. The first-order valence-electron chi connectivity index (χ1n) is 7.46. The summed E-state index contributed by atoms with van der Waals surface area (Å²) in [6.45, 7) is 9.77. The lowest BCUT2D eigenvalue weighted by molar-refractivity contribution is -0.121. The highest BCUT2D eigenvalue weighted by Gasteiger charge is 2.22. The van der Waals surface area contributed by atoms with Crippen LogP contribution in [0.5, 0.6) is 0 Å². The molecule has 0 aliphatic heterocycles. The number of nitrogens with zero attached hydrogens (tertiary/aromatic N) is 2. The van der Waals surface area contributed by atoms with Crippen LogP contribution in [0.15, 0.2) is 35.7 Å². The number of carbonyl (C=O) groups excluding carboxylic acids is 1. The molecule has 4 nitrogen and oxygen atoms in total. The standard InChI is InChI=1S/C17H22ClN3OS/c1-11-13(18)7-6-8-14(11)21-10-9-19-16(21)23-12(2)15(22)20-17(3,4)5/h6-10,12H,1-5H3,(H,20,22). The summed E-state index contributed by atoms with van der Waals surface area (Å²) >= 11 is 7.64. The predicted molar refractivity (Wildman–Crippen MR) is 96.5 cm³/mol. The molecule has 1 N–H and O–H groups in total. The van der Waals surface area contributed by atoms with Gasteiger partial charge in [0.25, 0.3) is 0 Å². The molecule has 0 aliphatic rings. The Morgan fingerprint density at radius 2 is 2.09 bits per heavy atom. The summed E-state index contributed by atoms with van der Waals surface area (Å²) in [6, 6.07) is 5.77. The highest BCUT2D eigenvalue weighted by molar-refractivity contribution is 8.00. The van der Waals surface area contributed by atoms with Crippen LogP contribution in [0.1, 0.15) is 33.3 Å². The zero-order valence-electron chi connectivity index (χ0n) is 14.1. The van der Waals surface area contributed by atoms with Gasteiger partial charge in [-0.3, -0.25) is 9.36 Å². The number of nitrogens with one attached hydrogen (secondary N) is 1. The number of benzene rings is 1. The number of hydrogen-bond acceptors (Lipinski definition) is 3. The van der Waals surface area contributed by atoms with Gasteiger partial charge in [0.05, 0.1) is 10.9 Å². The van der Waals surface area contributed by atoms with Crippen LogP contribution in [0.2, 0.25) is 5.02 Å². The van der Waals surface area contributed by atoms with E-state index in [0.717, 1.165) is 16.4 Å². The van der Waals surface area contributed by atoms with Gasteiger partial charge >= 0.3 is 0 Å². The van der Waals surface area contributed by atoms with Gasteiger partial charge in [-0.25, -0.2) is 4.98 Å². The number of halogens is 1. The van der Waals surface area contributed by atoms with Gasteiger partial charge in [0.2, 0.25) is 5.91 Å². The number of carbonyl (C=O) groups is 1. The predicted octanol–water partition coefficient (Wildman–Crippen LogP) is 4.23. The topological polar surface area (TPSA) is 46.9 Å². The molecule has 0 radical (unpaired) electrons. The van der Waals surface area contributed by atoms with E-state index in [0.29, 0.717) is 5.02 Å². The average molecular weight is 352 g/mol. The van der Waals surface area contributed by atoms with Crippen molar-refractivity contribution >= 4 is 29.3 Å². The number of aromatic nitrogens is 2. The van der Waals surface area contributed by atoms with Crippen LogP contribution in [-0.2, 0) is 4.79 Å². The highest BCUT2D eigenvalue weighted by Crippen LogP contribution is 2.28. The fraction of sp³-hybridized carbons (Fsp3) is 0.412. The van der Waals surface area contributed by atoms with E-state index in [1.807, 2.05) is 63.6 Å². The van der Waals surface area contributed by atoms with E-state index < -0.39 is 0 Å². The third kappa shape index (κ3) is 4.52. The Labute approximate surface area is 146 Å². The van der Waals surface area contributed by atoms with Crippen molar-refractivity contribution in [2.75, 3.05) is 0 Å². The molecule has 0 fully saturated rings. The summed E-state index contributed by atoms with van der Waals surface area (Å²) in [5, 5.41) is 4.24. The number of hydrogen-bond donors (Lipinski definition) is 1. The molecule has 0 aliphatic carbocycles. The van der Waals surface area contributed by atoms with E-state index in [1.54, 1.807) is 6.20 Å². The van der Waals surface area contributed by atoms with E-state index in [2.05, 4.69) is 10.3 Å². The molecule has 1 unspecified atom stereocenters. The van der Waals surface area contributed by atoms with Gasteiger partial charge in [-0.05, 0) is 52.3 Å². The Bertz CT molecular complexity index is 706. The van der Waals surface area contributed by atoms with Gasteiger partial charge in [0.15, 0.2) is 5.16 Å². The molecule has 2 rings (SSSR count). The van der Waals surface area contributed by atoms with Gasteiger partial charge in [-0.2, -0.15) is 0 Å². The molecule has 1 aromatic heterocycles. The first-order valence-corrected chi connectivity index (χ1v) is 8.72. The lowest BCUT2D eigenvalue weighted by atomic mass is 10.1. The van der Waals surface area contributed by atoms with Crippen molar-refractivity contribution in [1.29, 1.82) is 0 Å². The fourth-order valence-electron chi connectivity index (χ4n) is 2.10. The minimum absolute atomic E-state index is 0.000124. The zero-order valence-corrected chi connectivity index (χ0v) is 15.6. The summed E-state index contributed by atoms with van der Waals surface area (Å²) in [4.78, 5) is 16.6. The molecule has 2 aromatic rings. The van der Waals surface area contributed by atoms with Gasteiger partial charge in [0.1, 0.15) is 0 Å². The second-order valence-electron chi connectivity index (χ2n) is 6.46. The van der Waals surface area contributed by atoms with Crippen LogP contribution >= 0.6 is 23.4 Å². The average Bonchev–Trinajstić information content (AvgIpc) is 2.88. The maximum absolute atomic E-state index is 12.3. The maximum Gasteiger partial charge on any atom is 0.233 e. The molecule has 124 valence electrons. The van der Waals surface area contributed by atoms with E-state index in [1.165, 1.54) is 11.8 Å². The van der Waals surface area contributed by atoms with Crippen LogP contribution in [0.3, 0.4) is 0 Å². The van der Waals surface area contributed by atoms with Gasteiger partial charge < -0.3 is 5.32 Å². The zero-order chi connectivity index (χ0) is 17.2. The van der Waals surface area contributed by atoms with Gasteiger partial charge in [-0.1, -0.05) is 29.4 Å². The van der Waals surface area contributed by atoms with E-state index >= 15 is 0 Å². The van der Waals surface area contributed by atoms with Crippen LogP contribution in [-0.4, -0.2) is 26.2 Å². The van der Waals surface area contributed by atoms with E-state index in [-0.39, 0.29) is 16.7 Å². The van der Waals surface area contributed by atoms with Crippen molar-refractivity contribution in [3.8, 4) is 5.69 Å². The number of imidazole rings is 1. The first-order chi connectivity index (χ1) is 10.7. The summed E-state index contributed by atoms with van der Waals surface area (Å²) in [5.74, 6) is -0.000124.